The van der Waals surface area contributed by atoms with Crippen LogP contribution in [0.5, 0.6) is 0 Å². The first-order valence-corrected chi connectivity index (χ1v) is 10.7. The number of ether oxygens (including phenoxy) is 2. The van der Waals surface area contributed by atoms with Crippen LogP contribution in [0.15, 0.2) is 11.6 Å². The molecule has 0 saturated heterocycles. The molecule has 0 aliphatic heterocycles. The maximum absolute atomic E-state index is 13.0. The molecule has 0 bridgehead atoms. The number of hydrogen-bond donors (Lipinski definition) is 0. The van der Waals surface area contributed by atoms with E-state index < -0.39 is 6.10 Å². The molecule has 0 heterocycles. The van der Waals surface area contributed by atoms with Crippen LogP contribution >= 0.6 is 0 Å². The third-order valence-corrected chi connectivity index (χ3v) is 8.41. The summed E-state index contributed by atoms with van der Waals surface area (Å²) in [4.78, 5) is 35.9. The van der Waals surface area contributed by atoms with Crippen molar-refractivity contribution in [1.29, 1.82) is 0 Å². The van der Waals surface area contributed by atoms with Gasteiger partial charge in [-0.2, -0.15) is 0 Å². The molecule has 0 unspecified atom stereocenters. The Balaban J connectivity index is 1.58. The van der Waals surface area contributed by atoms with Gasteiger partial charge in [-0.1, -0.05) is 25.5 Å². The summed E-state index contributed by atoms with van der Waals surface area (Å²) in [5, 5.41) is 0. The molecule has 7 atom stereocenters. The van der Waals surface area contributed by atoms with Crippen molar-refractivity contribution >= 4 is 17.7 Å². The molecule has 4 rings (SSSR count). The van der Waals surface area contributed by atoms with Crippen LogP contribution in [0.4, 0.5) is 0 Å². The summed E-state index contributed by atoms with van der Waals surface area (Å²) in [5.41, 5.74) is 1.21. The number of hydrogen-bond acceptors (Lipinski definition) is 5. The average Bonchev–Trinajstić information content (AvgIpc) is 2.86. The van der Waals surface area contributed by atoms with E-state index in [0.717, 1.165) is 38.5 Å². The predicted octanol–water partition coefficient (Wildman–Crippen LogP) is 3.99. The molecule has 0 aromatic carbocycles. The number of fused-ring (bicyclic) bond motifs is 5. The van der Waals surface area contributed by atoms with E-state index in [1.807, 2.05) is 0 Å². The zero-order valence-electron chi connectivity index (χ0n) is 17.5. The van der Waals surface area contributed by atoms with Gasteiger partial charge in [0, 0.05) is 25.7 Å². The van der Waals surface area contributed by atoms with Gasteiger partial charge < -0.3 is 9.47 Å². The van der Waals surface area contributed by atoms with Gasteiger partial charge in [0.25, 0.3) is 0 Å². The largest absolute Gasteiger partial charge is 0.462 e. The van der Waals surface area contributed by atoms with Crippen molar-refractivity contribution in [2.75, 3.05) is 0 Å². The van der Waals surface area contributed by atoms with Crippen LogP contribution in [0.25, 0.3) is 0 Å². The van der Waals surface area contributed by atoms with Crippen LogP contribution < -0.4 is 0 Å². The Bertz CT molecular complexity index is 739. The molecule has 5 heteroatoms. The molecule has 5 nitrogen and oxygen atoms in total. The number of carbonyl (C=O) groups excluding carboxylic acids is 3. The van der Waals surface area contributed by atoms with Crippen molar-refractivity contribution in [1.82, 2.24) is 0 Å². The topological polar surface area (TPSA) is 69.7 Å². The summed E-state index contributed by atoms with van der Waals surface area (Å²) < 4.78 is 10.9. The molecule has 0 aromatic heterocycles. The second-order valence-electron chi connectivity index (χ2n) is 9.89. The summed E-state index contributed by atoms with van der Waals surface area (Å²) in [6.07, 6.45) is 8.16. The van der Waals surface area contributed by atoms with Crippen molar-refractivity contribution in [2.24, 2.45) is 28.6 Å². The highest BCUT2D eigenvalue weighted by Crippen LogP contribution is 2.64. The standard InChI is InChI=1S/C23H32O5/c1-13(24)27-16-7-9-22(3)15(11-16)5-6-17-18(22)8-10-23(4)19(17)12-20(21(23)26)28-14(2)25/h5,16-20H,6-12H2,1-4H3/t16-,17-,18+,19+,20-,22+,23+/m1/s1. The highest BCUT2D eigenvalue weighted by Gasteiger charge is 2.62. The summed E-state index contributed by atoms with van der Waals surface area (Å²) in [6.45, 7) is 7.35. The van der Waals surface area contributed by atoms with E-state index in [9.17, 15) is 14.4 Å². The average molecular weight is 389 g/mol. The van der Waals surface area contributed by atoms with Crippen molar-refractivity contribution in [3.8, 4) is 0 Å². The number of rotatable bonds is 2. The molecule has 3 saturated carbocycles. The zero-order chi connectivity index (χ0) is 20.3. The zero-order valence-corrected chi connectivity index (χ0v) is 17.5. The van der Waals surface area contributed by atoms with Gasteiger partial charge in [-0.3, -0.25) is 14.4 Å². The van der Waals surface area contributed by atoms with E-state index in [2.05, 4.69) is 19.9 Å². The van der Waals surface area contributed by atoms with Gasteiger partial charge >= 0.3 is 11.9 Å². The molecule has 0 radical (unpaired) electrons. The van der Waals surface area contributed by atoms with Crippen molar-refractivity contribution in [2.45, 2.75) is 84.8 Å². The molecular formula is C23H32O5. The van der Waals surface area contributed by atoms with Gasteiger partial charge in [-0.25, -0.2) is 0 Å². The predicted molar refractivity (Wildman–Crippen MR) is 103 cm³/mol. The molecule has 28 heavy (non-hydrogen) atoms. The number of carbonyl (C=O) groups is 3. The third-order valence-electron chi connectivity index (χ3n) is 8.41. The Labute approximate surface area is 167 Å². The van der Waals surface area contributed by atoms with E-state index in [-0.39, 0.29) is 40.6 Å². The van der Waals surface area contributed by atoms with Gasteiger partial charge in [0.15, 0.2) is 11.9 Å². The highest BCUT2D eigenvalue weighted by atomic mass is 16.5. The van der Waals surface area contributed by atoms with Gasteiger partial charge in [-0.05, 0) is 61.7 Å². The first kappa shape index (κ1) is 19.7. The van der Waals surface area contributed by atoms with E-state index in [4.69, 9.17) is 9.47 Å². The lowest BCUT2D eigenvalue weighted by Crippen LogP contribution is -2.50. The van der Waals surface area contributed by atoms with Crippen LogP contribution in [0, 0.1) is 28.6 Å². The van der Waals surface area contributed by atoms with Crippen LogP contribution in [0.3, 0.4) is 0 Å². The van der Waals surface area contributed by atoms with Gasteiger partial charge in [-0.15, -0.1) is 0 Å². The van der Waals surface area contributed by atoms with Gasteiger partial charge in [0.1, 0.15) is 6.10 Å². The second kappa shape index (κ2) is 6.70. The molecule has 4 aliphatic rings. The van der Waals surface area contributed by atoms with E-state index in [1.165, 1.54) is 19.4 Å². The van der Waals surface area contributed by atoms with Crippen LogP contribution in [0.1, 0.15) is 72.6 Å². The van der Waals surface area contributed by atoms with E-state index in [0.29, 0.717) is 18.3 Å². The van der Waals surface area contributed by atoms with Crippen LogP contribution in [0.2, 0.25) is 0 Å². The van der Waals surface area contributed by atoms with Crippen molar-refractivity contribution in [3.05, 3.63) is 11.6 Å². The first-order chi connectivity index (χ1) is 13.1. The molecule has 0 N–H and O–H groups in total. The Hall–Kier alpha value is -1.65. The minimum Gasteiger partial charge on any atom is -0.462 e. The fraction of sp³-hybridized carbons (Fsp3) is 0.783. The monoisotopic (exact) mass is 388 g/mol. The van der Waals surface area contributed by atoms with Crippen molar-refractivity contribution < 1.29 is 23.9 Å². The quantitative estimate of drug-likeness (QED) is 0.528. The summed E-state index contributed by atoms with van der Waals surface area (Å²) in [6, 6.07) is 0. The van der Waals surface area contributed by atoms with Crippen LogP contribution in [-0.2, 0) is 23.9 Å². The first-order valence-electron chi connectivity index (χ1n) is 10.7. The maximum atomic E-state index is 13.0. The minimum absolute atomic E-state index is 0.00337. The minimum atomic E-state index is -0.566. The summed E-state index contributed by atoms with van der Waals surface area (Å²) in [7, 11) is 0. The van der Waals surface area contributed by atoms with E-state index in [1.54, 1.807) is 0 Å². The molecule has 0 spiro atoms. The normalized spacial score (nSPS) is 44.6. The number of allylic oxidation sites excluding steroid dienone is 1. The molecule has 4 aliphatic carbocycles. The lowest BCUT2D eigenvalue weighted by Gasteiger charge is -2.56. The molecule has 0 aromatic rings. The van der Waals surface area contributed by atoms with Gasteiger partial charge in [0.05, 0.1) is 0 Å². The molecular weight excluding hydrogens is 356 g/mol. The summed E-state index contributed by atoms with van der Waals surface area (Å²) >= 11 is 0. The smallest absolute Gasteiger partial charge is 0.303 e. The van der Waals surface area contributed by atoms with Gasteiger partial charge in [0.2, 0.25) is 0 Å². The Kier molecular flexibility index (Phi) is 4.71. The van der Waals surface area contributed by atoms with E-state index >= 15 is 0 Å². The number of Topliss-reactive ketones (excluding diaryl/α,β-unsaturated/α-hetero) is 1. The highest BCUT2D eigenvalue weighted by molar-refractivity contribution is 5.92. The fourth-order valence-corrected chi connectivity index (χ4v) is 7.03. The summed E-state index contributed by atoms with van der Waals surface area (Å²) in [5.74, 6) is 0.861. The SMILES string of the molecule is CC(=O)O[C@@H]1CC[C@@]2(C)C(=CC[C@@H]3[C@@H]2CC[C@]2(C)C(=O)[C@H](OC(C)=O)C[C@@H]32)C1. The van der Waals surface area contributed by atoms with Crippen molar-refractivity contribution in [3.63, 3.8) is 0 Å². The molecule has 3 fully saturated rings. The molecule has 154 valence electrons. The number of esters is 2. The molecule has 0 amide bonds. The second-order valence-corrected chi connectivity index (χ2v) is 9.89. The van der Waals surface area contributed by atoms with Crippen LogP contribution in [-0.4, -0.2) is 29.9 Å². The third kappa shape index (κ3) is 2.93. The Morgan fingerprint density at radius 3 is 2.36 bits per heavy atom. The lowest BCUT2D eigenvalue weighted by molar-refractivity contribution is -0.153. The Morgan fingerprint density at radius 2 is 1.68 bits per heavy atom. The fourth-order valence-electron chi connectivity index (χ4n) is 7.03. The number of ketones is 1. The lowest BCUT2D eigenvalue weighted by atomic mass is 9.48. The maximum Gasteiger partial charge on any atom is 0.303 e. The Morgan fingerprint density at radius 1 is 1.00 bits per heavy atom.